The lowest BCUT2D eigenvalue weighted by Gasteiger charge is -2.12. The SMILES string of the molecule is N=C(N)NCC(=O)ON1C(=O)C=CC1=O. The van der Waals surface area contributed by atoms with Crippen LogP contribution in [0.1, 0.15) is 0 Å². The van der Waals surface area contributed by atoms with E-state index in [2.05, 4.69) is 10.2 Å². The molecule has 0 spiro atoms. The number of guanidine groups is 1. The van der Waals surface area contributed by atoms with Crippen LogP contribution >= 0.6 is 0 Å². The van der Waals surface area contributed by atoms with Crippen molar-refractivity contribution in [3.8, 4) is 0 Å². The number of amides is 2. The van der Waals surface area contributed by atoms with E-state index >= 15 is 0 Å². The average molecular weight is 212 g/mol. The van der Waals surface area contributed by atoms with Crippen LogP contribution in [-0.2, 0) is 19.2 Å². The molecule has 0 radical (unpaired) electrons. The standard InChI is InChI=1S/C7H8N4O4/c8-7(9)10-3-6(14)15-11-4(12)1-2-5(11)13/h1-2H,3H2,(H4,8,9,10). The van der Waals surface area contributed by atoms with Gasteiger partial charge in [0.2, 0.25) is 0 Å². The van der Waals surface area contributed by atoms with Gasteiger partial charge in [-0.15, -0.1) is 0 Å². The molecule has 0 aromatic rings. The van der Waals surface area contributed by atoms with Crippen LogP contribution in [0.3, 0.4) is 0 Å². The maximum absolute atomic E-state index is 11.0. The average Bonchev–Trinajstić information content (AvgIpc) is 2.46. The van der Waals surface area contributed by atoms with Gasteiger partial charge in [0.25, 0.3) is 11.8 Å². The highest BCUT2D eigenvalue weighted by Gasteiger charge is 2.27. The van der Waals surface area contributed by atoms with Crippen molar-refractivity contribution in [2.75, 3.05) is 6.54 Å². The minimum atomic E-state index is -0.893. The zero-order valence-corrected chi connectivity index (χ0v) is 7.52. The Morgan fingerprint density at radius 3 is 2.47 bits per heavy atom. The molecule has 0 unspecified atom stereocenters. The van der Waals surface area contributed by atoms with Crippen molar-refractivity contribution >= 4 is 23.7 Å². The van der Waals surface area contributed by atoms with Crippen molar-refractivity contribution in [2.45, 2.75) is 0 Å². The van der Waals surface area contributed by atoms with E-state index in [0.717, 1.165) is 12.2 Å². The Bertz CT molecular complexity index is 344. The van der Waals surface area contributed by atoms with Crippen LogP contribution in [0, 0.1) is 5.41 Å². The lowest BCUT2D eigenvalue weighted by molar-refractivity contribution is -0.195. The second-order valence-electron chi connectivity index (χ2n) is 2.53. The highest BCUT2D eigenvalue weighted by atomic mass is 16.7. The number of imide groups is 1. The Balaban J connectivity index is 2.42. The number of hydrogen-bond donors (Lipinski definition) is 3. The van der Waals surface area contributed by atoms with Crippen molar-refractivity contribution in [3.05, 3.63) is 12.2 Å². The maximum Gasteiger partial charge on any atom is 0.352 e. The van der Waals surface area contributed by atoms with Crippen molar-refractivity contribution in [3.63, 3.8) is 0 Å². The number of carbonyl (C=O) groups is 3. The Labute approximate surface area is 84.1 Å². The first-order chi connectivity index (χ1) is 7.00. The van der Waals surface area contributed by atoms with E-state index in [4.69, 9.17) is 11.1 Å². The van der Waals surface area contributed by atoms with E-state index in [1.165, 1.54) is 0 Å². The van der Waals surface area contributed by atoms with Gasteiger partial charge < -0.3 is 15.9 Å². The molecule has 4 N–H and O–H groups in total. The van der Waals surface area contributed by atoms with Gasteiger partial charge in [0.15, 0.2) is 5.96 Å². The van der Waals surface area contributed by atoms with Gasteiger partial charge in [-0.1, -0.05) is 5.06 Å². The lowest BCUT2D eigenvalue weighted by atomic mass is 10.6. The summed E-state index contributed by atoms with van der Waals surface area (Å²) in [5.41, 5.74) is 4.91. The van der Waals surface area contributed by atoms with Gasteiger partial charge in [0, 0.05) is 12.2 Å². The molecule has 0 saturated heterocycles. The molecular weight excluding hydrogens is 204 g/mol. The summed E-state index contributed by atoms with van der Waals surface area (Å²) >= 11 is 0. The molecule has 0 aromatic heterocycles. The predicted molar refractivity (Wildman–Crippen MR) is 47.0 cm³/mol. The van der Waals surface area contributed by atoms with Crippen LogP contribution in [0.4, 0.5) is 0 Å². The molecule has 0 fully saturated rings. The van der Waals surface area contributed by atoms with E-state index < -0.39 is 30.3 Å². The van der Waals surface area contributed by atoms with Crippen LogP contribution in [0.15, 0.2) is 12.2 Å². The first-order valence-corrected chi connectivity index (χ1v) is 3.85. The summed E-state index contributed by atoms with van der Waals surface area (Å²) in [4.78, 5) is 37.2. The van der Waals surface area contributed by atoms with E-state index in [1.54, 1.807) is 0 Å². The third-order valence-electron chi connectivity index (χ3n) is 1.39. The van der Waals surface area contributed by atoms with Crippen LogP contribution in [-0.4, -0.2) is 35.4 Å². The molecule has 0 aromatic carbocycles. The van der Waals surface area contributed by atoms with Crippen LogP contribution < -0.4 is 11.1 Å². The minimum absolute atomic E-state index is 0.324. The molecule has 0 atom stereocenters. The van der Waals surface area contributed by atoms with E-state index in [1.807, 2.05) is 0 Å². The summed E-state index contributed by atoms with van der Waals surface area (Å²) in [5, 5.41) is 9.24. The van der Waals surface area contributed by atoms with Gasteiger partial charge >= 0.3 is 5.97 Å². The molecule has 80 valence electrons. The van der Waals surface area contributed by atoms with E-state index in [-0.39, 0.29) is 0 Å². The zero-order valence-electron chi connectivity index (χ0n) is 7.52. The van der Waals surface area contributed by atoms with Gasteiger partial charge in [-0.2, -0.15) is 0 Å². The monoisotopic (exact) mass is 212 g/mol. The van der Waals surface area contributed by atoms with Crippen molar-refractivity contribution in [2.24, 2.45) is 5.73 Å². The summed E-state index contributed by atoms with van der Waals surface area (Å²) in [7, 11) is 0. The van der Waals surface area contributed by atoms with Gasteiger partial charge in [-0.05, 0) is 0 Å². The molecule has 1 aliphatic rings. The molecule has 8 nitrogen and oxygen atoms in total. The van der Waals surface area contributed by atoms with Gasteiger partial charge in [0.05, 0.1) is 0 Å². The largest absolute Gasteiger partial charge is 0.370 e. The topological polar surface area (TPSA) is 126 Å². The Hall–Kier alpha value is -2.38. The molecule has 0 aliphatic carbocycles. The highest BCUT2D eigenvalue weighted by Crippen LogP contribution is 2.03. The van der Waals surface area contributed by atoms with Gasteiger partial charge in [0.1, 0.15) is 6.54 Å². The Morgan fingerprint density at radius 1 is 1.47 bits per heavy atom. The fourth-order valence-corrected chi connectivity index (χ4v) is 0.778. The number of hydrogen-bond acceptors (Lipinski definition) is 5. The quantitative estimate of drug-likeness (QED) is 0.278. The first-order valence-electron chi connectivity index (χ1n) is 3.85. The molecule has 1 rings (SSSR count). The summed E-state index contributed by atoms with van der Waals surface area (Å²) in [6.45, 7) is -0.396. The number of carbonyl (C=O) groups excluding carboxylic acids is 3. The molecule has 0 saturated carbocycles. The molecule has 2 amide bonds. The Kier molecular flexibility index (Phi) is 3.01. The second kappa shape index (κ2) is 4.22. The fraction of sp³-hybridized carbons (Fsp3) is 0.143. The number of nitrogens with one attached hydrogen (secondary N) is 2. The molecule has 8 heteroatoms. The molecule has 0 bridgehead atoms. The third-order valence-corrected chi connectivity index (χ3v) is 1.39. The van der Waals surface area contributed by atoms with Gasteiger partial charge in [-0.25, -0.2) is 4.79 Å². The number of nitrogens with zero attached hydrogens (tertiary/aromatic N) is 1. The number of hydroxylamine groups is 2. The summed E-state index contributed by atoms with van der Waals surface area (Å²) in [5.74, 6) is -2.76. The van der Waals surface area contributed by atoms with E-state index in [9.17, 15) is 14.4 Å². The third kappa shape index (κ3) is 2.79. The second-order valence-corrected chi connectivity index (χ2v) is 2.53. The Morgan fingerprint density at radius 2 is 2.00 bits per heavy atom. The lowest BCUT2D eigenvalue weighted by Crippen LogP contribution is -2.39. The predicted octanol–water partition coefficient (Wildman–Crippen LogP) is -2.15. The molecular formula is C7H8N4O4. The van der Waals surface area contributed by atoms with Crippen molar-refractivity contribution in [1.29, 1.82) is 5.41 Å². The highest BCUT2D eigenvalue weighted by molar-refractivity contribution is 6.12. The smallest absolute Gasteiger partial charge is 0.352 e. The maximum atomic E-state index is 11.0. The number of rotatable bonds is 3. The first kappa shape index (κ1) is 10.7. The van der Waals surface area contributed by atoms with Crippen molar-refractivity contribution < 1.29 is 19.2 Å². The number of nitrogens with two attached hydrogens (primary N) is 1. The molecule has 1 aliphatic heterocycles. The van der Waals surface area contributed by atoms with Crippen LogP contribution in [0.2, 0.25) is 0 Å². The fourth-order valence-electron chi connectivity index (χ4n) is 0.778. The van der Waals surface area contributed by atoms with Crippen LogP contribution in [0.25, 0.3) is 0 Å². The van der Waals surface area contributed by atoms with Crippen molar-refractivity contribution in [1.82, 2.24) is 10.4 Å². The molecule has 15 heavy (non-hydrogen) atoms. The summed E-state index contributed by atoms with van der Waals surface area (Å²) in [6.07, 6.45) is 1.96. The van der Waals surface area contributed by atoms with Crippen LogP contribution in [0.5, 0.6) is 0 Å². The minimum Gasteiger partial charge on any atom is -0.370 e. The molecule has 1 heterocycles. The zero-order chi connectivity index (χ0) is 11.4. The van der Waals surface area contributed by atoms with E-state index in [0.29, 0.717) is 5.06 Å². The normalized spacial score (nSPS) is 14.3. The summed E-state index contributed by atoms with van der Waals surface area (Å²) < 4.78 is 0. The summed E-state index contributed by atoms with van der Waals surface area (Å²) in [6, 6.07) is 0. The van der Waals surface area contributed by atoms with Gasteiger partial charge in [-0.3, -0.25) is 15.0 Å².